The van der Waals surface area contributed by atoms with E-state index in [1.165, 1.54) is 30.5 Å². The fourth-order valence-electron chi connectivity index (χ4n) is 3.08. The number of amides is 1. The molecule has 1 amide bonds. The summed E-state index contributed by atoms with van der Waals surface area (Å²) < 4.78 is 37.2. The smallest absolute Gasteiger partial charge is 0.338 e. The molecule has 0 aliphatic heterocycles. The molecule has 0 fully saturated rings. The zero-order valence-corrected chi connectivity index (χ0v) is 18.5. The molecule has 2 N–H and O–H groups in total. The number of sulfonamides is 1. The van der Waals surface area contributed by atoms with Crippen molar-refractivity contribution in [2.45, 2.75) is 31.3 Å². The van der Waals surface area contributed by atoms with Gasteiger partial charge in [-0.25, -0.2) is 17.9 Å². The largest absolute Gasteiger partial charge is 0.468 e. The van der Waals surface area contributed by atoms with Crippen molar-refractivity contribution in [2.24, 2.45) is 0 Å². The number of esters is 1. The van der Waals surface area contributed by atoms with Crippen LogP contribution in [0.15, 0.2) is 76.2 Å². The van der Waals surface area contributed by atoms with E-state index in [2.05, 4.69) is 10.0 Å². The lowest BCUT2D eigenvalue weighted by atomic mass is 10.0. The maximum Gasteiger partial charge on any atom is 0.338 e. The van der Waals surface area contributed by atoms with Crippen molar-refractivity contribution < 1.29 is 27.2 Å². The van der Waals surface area contributed by atoms with Gasteiger partial charge in [0.15, 0.2) is 6.61 Å². The second-order valence-corrected chi connectivity index (χ2v) is 8.92. The molecule has 168 valence electrons. The molecule has 0 aliphatic carbocycles. The Morgan fingerprint density at radius 3 is 2.41 bits per heavy atom. The van der Waals surface area contributed by atoms with Gasteiger partial charge in [0.2, 0.25) is 10.0 Å². The quantitative estimate of drug-likeness (QED) is 0.478. The Balaban J connectivity index is 1.52. The van der Waals surface area contributed by atoms with Gasteiger partial charge in [-0.2, -0.15) is 0 Å². The van der Waals surface area contributed by atoms with Crippen LogP contribution in [0.4, 0.5) is 0 Å². The molecule has 0 bridgehead atoms. The van der Waals surface area contributed by atoms with Crippen molar-refractivity contribution >= 4 is 21.9 Å². The van der Waals surface area contributed by atoms with E-state index >= 15 is 0 Å². The van der Waals surface area contributed by atoms with Gasteiger partial charge >= 0.3 is 5.97 Å². The van der Waals surface area contributed by atoms with Gasteiger partial charge in [-0.15, -0.1) is 0 Å². The summed E-state index contributed by atoms with van der Waals surface area (Å²) in [5.74, 6) is -0.685. The summed E-state index contributed by atoms with van der Waals surface area (Å²) in [5, 5.41) is 2.79. The summed E-state index contributed by atoms with van der Waals surface area (Å²) in [7, 11) is -3.77. The Morgan fingerprint density at radius 1 is 1.03 bits per heavy atom. The molecular weight excluding hydrogens is 432 g/mol. The molecule has 0 aliphatic rings. The monoisotopic (exact) mass is 456 g/mol. The molecule has 0 spiro atoms. The van der Waals surface area contributed by atoms with Crippen LogP contribution >= 0.6 is 0 Å². The maximum atomic E-state index is 12.3. The summed E-state index contributed by atoms with van der Waals surface area (Å²) in [6.07, 6.45) is 1.45. The fourth-order valence-corrected chi connectivity index (χ4v) is 4.07. The van der Waals surface area contributed by atoms with Crippen LogP contribution in [-0.4, -0.2) is 26.9 Å². The summed E-state index contributed by atoms with van der Waals surface area (Å²) in [4.78, 5) is 24.4. The summed E-state index contributed by atoms with van der Waals surface area (Å²) in [6.45, 7) is 3.37. The molecule has 3 aromatic rings. The van der Waals surface area contributed by atoms with Crippen LogP contribution in [-0.2, 0) is 26.1 Å². The molecule has 0 unspecified atom stereocenters. The number of aryl methyl sites for hydroxylation is 1. The fraction of sp³-hybridized carbons (Fsp3) is 0.217. The minimum Gasteiger partial charge on any atom is -0.468 e. The molecule has 1 atom stereocenters. The molecule has 1 heterocycles. The maximum absolute atomic E-state index is 12.3. The Morgan fingerprint density at radius 2 is 1.75 bits per heavy atom. The number of nitrogens with one attached hydrogen (secondary N) is 2. The lowest BCUT2D eigenvalue weighted by molar-refractivity contribution is -0.124. The van der Waals surface area contributed by atoms with Crippen LogP contribution in [0.5, 0.6) is 0 Å². The molecule has 0 radical (unpaired) electrons. The van der Waals surface area contributed by atoms with E-state index in [4.69, 9.17) is 9.15 Å². The normalized spacial score (nSPS) is 12.2. The van der Waals surface area contributed by atoms with Crippen molar-refractivity contribution in [1.82, 2.24) is 10.0 Å². The molecular formula is C23H24N2O6S. The van der Waals surface area contributed by atoms with Crippen LogP contribution in [0, 0.1) is 6.92 Å². The first-order valence-corrected chi connectivity index (χ1v) is 11.4. The van der Waals surface area contributed by atoms with Crippen molar-refractivity contribution in [3.8, 4) is 0 Å². The molecule has 3 rings (SSSR count). The number of carbonyl (C=O) groups excluding carboxylic acids is 2. The highest BCUT2D eigenvalue weighted by Crippen LogP contribution is 2.16. The number of rotatable bonds is 9. The third-order valence-corrected chi connectivity index (χ3v) is 6.20. The van der Waals surface area contributed by atoms with Gasteiger partial charge in [-0.3, -0.25) is 4.79 Å². The van der Waals surface area contributed by atoms with Crippen molar-refractivity contribution in [3.63, 3.8) is 0 Å². The number of carbonyl (C=O) groups is 2. The second-order valence-electron chi connectivity index (χ2n) is 7.15. The lowest BCUT2D eigenvalue weighted by Gasteiger charge is -2.16. The Kier molecular flexibility index (Phi) is 7.45. The average Bonchev–Trinajstić information content (AvgIpc) is 3.30. The summed E-state index contributed by atoms with van der Waals surface area (Å²) in [6, 6.07) is 16.0. The molecule has 9 heteroatoms. The van der Waals surface area contributed by atoms with E-state index in [1.807, 2.05) is 38.1 Å². The van der Waals surface area contributed by atoms with Gasteiger partial charge in [-0.05, 0) is 61.4 Å². The van der Waals surface area contributed by atoms with Gasteiger partial charge in [0.1, 0.15) is 5.76 Å². The molecule has 0 saturated carbocycles. The van der Waals surface area contributed by atoms with E-state index in [9.17, 15) is 18.0 Å². The molecule has 2 aromatic carbocycles. The van der Waals surface area contributed by atoms with Crippen molar-refractivity contribution in [1.29, 1.82) is 0 Å². The van der Waals surface area contributed by atoms with Crippen LogP contribution < -0.4 is 10.0 Å². The van der Waals surface area contributed by atoms with E-state index in [1.54, 1.807) is 12.1 Å². The van der Waals surface area contributed by atoms with Gasteiger partial charge in [0.25, 0.3) is 5.91 Å². The zero-order valence-electron chi connectivity index (χ0n) is 17.7. The number of ether oxygens (including phenoxy) is 1. The van der Waals surface area contributed by atoms with Gasteiger partial charge in [-0.1, -0.05) is 24.3 Å². The molecule has 8 nitrogen and oxygen atoms in total. The Labute approximate surface area is 186 Å². The van der Waals surface area contributed by atoms with E-state index in [0.29, 0.717) is 5.76 Å². The van der Waals surface area contributed by atoms with Gasteiger partial charge in [0, 0.05) is 0 Å². The second kappa shape index (κ2) is 10.3. The molecule has 0 saturated heterocycles. The lowest BCUT2D eigenvalue weighted by Crippen LogP contribution is -2.31. The van der Waals surface area contributed by atoms with Crippen LogP contribution in [0.2, 0.25) is 0 Å². The summed E-state index contributed by atoms with van der Waals surface area (Å²) >= 11 is 0. The predicted molar refractivity (Wildman–Crippen MR) is 117 cm³/mol. The first kappa shape index (κ1) is 23.2. The third kappa shape index (κ3) is 6.05. The highest BCUT2D eigenvalue weighted by atomic mass is 32.2. The highest BCUT2D eigenvalue weighted by Gasteiger charge is 2.17. The third-order valence-electron chi connectivity index (χ3n) is 4.78. The number of furan rings is 1. The minimum atomic E-state index is -3.77. The van der Waals surface area contributed by atoms with Gasteiger partial charge < -0.3 is 14.5 Å². The molecule has 1 aromatic heterocycles. The average molecular weight is 457 g/mol. The Bertz CT molecular complexity index is 1170. The Hall–Kier alpha value is -3.43. The number of hydrogen-bond donors (Lipinski definition) is 2. The van der Waals surface area contributed by atoms with E-state index in [-0.39, 0.29) is 23.0 Å². The van der Waals surface area contributed by atoms with Crippen LogP contribution in [0.25, 0.3) is 0 Å². The van der Waals surface area contributed by atoms with Gasteiger partial charge in [0.05, 0.1) is 29.3 Å². The topological polar surface area (TPSA) is 115 Å². The minimum absolute atomic E-state index is 0.00888. The SMILES string of the molecule is Cc1ccccc1[C@H](C)NC(=O)COC(=O)c1ccc(S(=O)(=O)NCc2ccco2)cc1. The highest BCUT2D eigenvalue weighted by molar-refractivity contribution is 7.89. The van der Waals surface area contributed by atoms with Crippen molar-refractivity contribution in [3.05, 3.63) is 89.4 Å². The first-order chi connectivity index (χ1) is 15.3. The van der Waals surface area contributed by atoms with Crippen LogP contribution in [0.1, 0.15) is 40.2 Å². The summed E-state index contributed by atoms with van der Waals surface area (Å²) in [5.41, 5.74) is 2.16. The standard InChI is InChI=1S/C23H24N2O6S/c1-16-6-3-4-8-21(16)17(2)25-22(26)15-31-23(27)18-9-11-20(12-10-18)32(28,29)24-14-19-7-5-13-30-19/h3-13,17,24H,14-15H2,1-2H3,(H,25,26)/t17-/m0/s1. The molecule has 32 heavy (non-hydrogen) atoms. The number of hydrogen-bond acceptors (Lipinski definition) is 6. The van der Waals surface area contributed by atoms with E-state index < -0.39 is 28.5 Å². The number of benzene rings is 2. The first-order valence-electron chi connectivity index (χ1n) is 9.90. The van der Waals surface area contributed by atoms with Crippen LogP contribution in [0.3, 0.4) is 0 Å². The van der Waals surface area contributed by atoms with Crippen molar-refractivity contribution in [2.75, 3.05) is 6.61 Å². The zero-order chi connectivity index (χ0) is 23.1. The van der Waals surface area contributed by atoms with E-state index in [0.717, 1.165) is 11.1 Å². The predicted octanol–water partition coefficient (Wildman–Crippen LogP) is 3.10.